The number of benzene rings is 4. The molecule has 32 heavy (non-hydrogen) atoms. The van der Waals surface area contributed by atoms with Crippen LogP contribution >= 0.6 is 0 Å². The van der Waals surface area contributed by atoms with Gasteiger partial charge in [-0.25, -0.2) is 0 Å². The van der Waals surface area contributed by atoms with Gasteiger partial charge in [-0.05, 0) is 46.5 Å². The first-order chi connectivity index (χ1) is 15.4. The minimum atomic E-state index is -0.192. The normalized spacial score (nSPS) is 18.7. The van der Waals surface area contributed by atoms with Gasteiger partial charge in [-0.1, -0.05) is 107 Å². The van der Waals surface area contributed by atoms with Crippen LogP contribution in [0.3, 0.4) is 0 Å². The van der Waals surface area contributed by atoms with Crippen molar-refractivity contribution in [3.8, 4) is 0 Å². The molecule has 2 aliphatic rings. The summed E-state index contributed by atoms with van der Waals surface area (Å²) < 4.78 is 0. The molecule has 0 radical (unpaired) electrons. The number of hydrogen-bond donors (Lipinski definition) is 0. The molecule has 4 aromatic rings. The van der Waals surface area contributed by atoms with E-state index in [9.17, 15) is 0 Å². The Kier molecular flexibility index (Phi) is 3.85. The van der Waals surface area contributed by atoms with Crippen molar-refractivity contribution in [2.24, 2.45) is 0 Å². The summed E-state index contributed by atoms with van der Waals surface area (Å²) in [5, 5.41) is 0. The van der Waals surface area contributed by atoms with Gasteiger partial charge in [0.05, 0.1) is 11.4 Å². The molecule has 1 nitrogen and oxygen atoms in total. The topological polar surface area (TPSA) is 3.24 Å². The molecular formula is C31H29N. The van der Waals surface area contributed by atoms with Crippen molar-refractivity contribution in [1.82, 2.24) is 0 Å². The van der Waals surface area contributed by atoms with E-state index in [-0.39, 0.29) is 16.2 Å². The molecule has 1 heterocycles. The van der Waals surface area contributed by atoms with E-state index in [4.69, 9.17) is 0 Å². The Hall–Kier alpha value is -3.32. The van der Waals surface area contributed by atoms with E-state index < -0.39 is 0 Å². The maximum atomic E-state index is 2.45. The van der Waals surface area contributed by atoms with E-state index in [2.05, 4.69) is 136 Å². The molecule has 158 valence electrons. The van der Waals surface area contributed by atoms with Gasteiger partial charge in [0.2, 0.25) is 0 Å². The van der Waals surface area contributed by atoms with Gasteiger partial charge in [0.15, 0.2) is 0 Å². The van der Waals surface area contributed by atoms with Gasteiger partial charge >= 0.3 is 0 Å². The lowest BCUT2D eigenvalue weighted by atomic mass is 9.49. The summed E-state index contributed by atoms with van der Waals surface area (Å²) in [5.41, 5.74) is 9.16. The van der Waals surface area contributed by atoms with E-state index in [0.717, 1.165) is 0 Å². The van der Waals surface area contributed by atoms with Crippen LogP contribution in [0.5, 0.6) is 0 Å². The average Bonchev–Trinajstić information content (AvgIpc) is 2.96. The van der Waals surface area contributed by atoms with E-state index in [1.54, 1.807) is 0 Å². The van der Waals surface area contributed by atoms with Crippen LogP contribution in [0, 0.1) is 0 Å². The van der Waals surface area contributed by atoms with Gasteiger partial charge in [0.1, 0.15) is 0 Å². The van der Waals surface area contributed by atoms with Crippen LogP contribution in [0.4, 0.5) is 17.1 Å². The van der Waals surface area contributed by atoms with Crippen LogP contribution in [-0.2, 0) is 16.2 Å². The van der Waals surface area contributed by atoms with Crippen LogP contribution in [0.1, 0.15) is 49.9 Å². The summed E-state index contributed by atoms with van der Waals surface area (Å²) in [6, 6.07) is 38.0. The van der Waals surface area contributed by atoms with Crippen molar-refractivity contribution in [3.05, 3.63) is 125 Å². The number of para-hydroxylation sites is 3. The average molecular weight is 416 g/mol. The van der Waals surface area contributed by atoms with Crippen LogP contribution in [0.15, 0.2) is 103 Å². The highest BCUT2D eigenvalue weighted by Crippen LogP contribution is 2.70. The maximum absolute atomic E-state index is 2.45. The Balaban J connectivity index is 1.78. The van der Waals surface area contributed by atoms with Gasteiger partial charge in [0.25, 0.3) is 0 Å². The third kappa shape index (κ3) is 2.09. The van der Waals surface area contributed by atoms with Crippen molar-refractivity contribution < 1.29 is 0 Å². The van der Waals surface area contributed by atoms with Crippen LogP contribution in [0.2, 0.25) is 0 Å². The Morgan fingerprint density at radius 3 is 1.28 bits per heavy atom. The van der Waals surface area contributed by atoms with Crippen molar-refractivity contribution in [3.63, 3.8) is 0 Å². The molecule has 0 amide bonds. The molecule has 0 aromatic heterocycles. The third-order valence-corrected chi connectivity index (χ3v) is 8.26. The van der Waals surface area contributed by atoms with Gasteiger partial charge in [-0.3, -0.25) is 0 Å². The second kappa shape index (κ2) is 6.36. The van der Waals surface area contributed by atoms with Crippen LogP contribution in [0.25, 0.3) is 0 Å². The molecule has 4 aromatic carbocycles. The fourth-order valence-electron chi connectivity index (χ4n) is 7.21. The van der Waals surface area contributed by atoms with E-state index >= 15 is 0 Å². The van der Waals surface area contributed by atoms with Crippen molar-refractivity contribution in [2.45, 2.75) is 43.9 Å². The van der Waals surface area contributed by atoms with Gasteiger partial charge in [-0.2, -0.15) is 0 Å². The third-order valence-electron chi connectivity index (χ3n) is 8.26. The smallest absolute Gasteiger partial charge is 0.0503 e. The van der Waals surface area contributed by atoms with E-state index in [1.165, 1.54) is 39.3 Å². The summed E-state index contributed by atoms with van der Waals surface area (Å²) in [4.78, 5) is 2.45. The molecule has 1 spiro atoms. The number of rotatable bonds is 1. The quantitative estimate of drug-likeness (QED) is 0.304. The Bertz CT molecular complexity index is 1240. The Morgan fingerprint density at radius 2 is 0.812 bits per heavy atom. The van der Waals surface area contributed by atoms with Crippen molar-refractivity contribution in [2.75, 3.05) is 4.90 Å². The lowest BCUT2D eigenvalue weighted by Gasteiger charge is -2.56. The van der Waals surface area contributed by atoms with E-state index in [1.807, 2.05) is 0 Å². The first-order valence-corrected chi connectivity index (χ1v) is 11.6. The second-order valence-corrected chi connectivity index (χ2v) is 10.3. The summed E-state index contributed by atoms with van der Waals surface area (Å²) in [6.45, 7) is 9.80. The molecule has 1 aliphatic heterocycles. The monoisotopic (exact) mass is 415 g/mol. The fourth-order valence-corrected chi connectivity index (χ4v) is 7.21. The molecule has 1 heteroatoms. The van der Waals surface area contributed by atoms with Crippen LogP contribution in [-0.4, -0.2) is 0 Å². The molecule has 0 saturated heterocycles. The molecule has 0 bridgehead atoms. The molecule has 0 saturated carbocycles. The first kappa shape index (κ1) is 19.4. The van der Waals surface area contributed by atoms with E-state index in [0.29, 0.717) is 0 Å². The molecule has 0 fully saturated rings. The SMILES string of the molecule is CC1(C)c2ccccc2C(C)(C)C12c1ccccc1N(c1ccccc1)c1ccccc12. The molecular weight excluding hydrogens is 386 g/mol. The summed E-state index contributed by atoms with van der Waals surface area (Å²) in [7, 11) is 0. The van der Waals surface area contributed by atoms with Crippen LogP contribution < -0.4 is 4.90 Å². The first-order valence-electron chi connectivity index (χ1n) is 11.6. The molecule has 0 atom stereocenters. The molecule has 1 aliphatic carbocycles. The van der Waals surface area contributed by atoms with Gasteiger partial charge < -0.3 is 4.90 Å². The highest BCUT2D eigenvalue weighted by Gasteiger charge is 2.66. The van der Waals surface area contributed by atoms with Crippen molar-refractivity contribution >= 4 is 17.1 Å². The zero-order valence-corrected chi connectivity index (χ0v) is 19.3. The molecule has 6 rings (SSSR count). The number of hydrogen-bond acceptors (Lipinski definition) is 1. The Labute approximate surface area is 191 Å². The number of anilines is 3. The predicted molar refractivity (Wildman–Crippen MR) is 134 cm³/mol. The highest BCUT2D eigenvalue weighted by atomic mass is 15.2. The molecule has 0 unspecified atom stereocenters. The summed E-state index contributed by atoms with van der Waals surface area (Å²) >= 11 is 0. The fraction of sp³-hybridized carbons (Fsp3) is 0.226. The zero-order valence-electron chi connectivity index (χ0n) is 19.3. The second-order valence-electron chi connectivity index (χ2n) is 10.3. The highest BCUT2D eigenvalue weighted by molar-refractivity contribution is 5.88. The maximum Gasteiger partial charge on any atom is 0.0503 e. The van der Waals surface area contributed by atoms with Gasteiger partial charge in [-0.15, -0.1) is 0 Å². The lowest BCUT2D eigenvalue weighted by molar-refractivity contribution is 0.224. The lowest BCUT2D eigenvalue weighted by Crippen LogP contribution is -2.54. The van der Waals surface area contributed by atoms with Crippen molar-refractivity contribution in [1.29, 1.82) is 0 Å². The minimum Gasteiger partial charge on any atom is -0.310 e. The number of nitrogens with zero attached hydrogens (tertiary/aromatic N) is 1. The zero-order chi connectivity index (χ0) is 22.1. The van der Waals surface area contributed by atoms with Gasteiger partial charge in [0, 0.05) is 21.9 Å². The number of fused-ring (bicyclic) bond motifs is 5. The predicted octanol–water partition coefficient (Wildman–Crippen LogP) is 8.02. The summed E-state index contributed by atoms with van der Waals surface area (Å²) in [6.07, 6.45) is 0. The standard InChI is InChI=1S/C31H29N/c1-29(2)23-16-8-9-17-24(23)30(3,4)31(29)25-18-10-12-20-27(25)32(22-14-6-5-7-15-22)28-21-13-11-19-26(28)31/h5-21H,1-4H3. The molecule has 0 N–H and O–H groups in total. The largest absolute Gasteiger partial charge is 0.310 e. The Morgan fingerprint density at radius 1 is 0.438 bits per heavy atom. The minimum absolute atomic E-state index is 0.0813. The summed E-state index contributed by atoms with van der Waals surface area (Å²) in [5.74, 6) is 0.